The van der Waals surface area contributed by atoms with Crippen molar-refractivity contribution in [2.75, 3.05) is 20.6 Å². The summed E-state index contributed by atoms with van der Waals surface area (Å²) in [5.41, 5.74) is 3.71. The first-order valence-corrected chi connectivity index (χ1v) is 8.06. The molecule has 0 bridgehead atoms. The van der Waals surface area contributed by atoms with Crippen LogP contribution in [-0.2, 0) is 6.42 Å². The molecule has 1 aliphatic rings. The molecule has 2 heterocycles. The molecule has 0 aliphatic carbocycles. The van der Waals surface area contributed by atoms with Crippen molar-refractivity contribution in [2.24, 2.45) is 0 Å². The minimum atomic E-state index is 0.0375. The Morgan fingerprint density at radius 2 is 1.95 bits per heavy atom. The maximum atomic E-state index is 12.5. The van der Waals surface area contributed by atoms with E-state index in [0.717, 1.165) is 13.0 Å². The zero-order valence-corrected chi connectivity index (χ0v) is 13.5. The van der Waals surface area contributed by atoms with Gasteiger partial charge in [-0.25, -0.2) is 4.79 Å². The number of benzene rings is 1. The van der Waals surface area contributed by atoms with Crippen LogP contribution in [0.3, 0.4) is 0 Å². The predicted molar refractivity (Wildman–Crippen MR) is 86.8 cm³/mol. The van der Waals surface area contributed by atoms with Gasteiger partial charge in [0.2, 0.25) is 0 Å². The lowest BCUT2D eigenvalue weighted by atomic mass is 9.93. The Kier molecular flexibility index (Phi) is 3.72. The fourth-order valence-corrected chi connectivity index (χ4v) is 3.79. The molecule has 1 aromatic carbocycles. The number of hydrogen-bond acceptors (Lipinski definition) is 2. The fourth-order valence-electron chi connectivity index (χ4n) is 2.89. The summed E-state index contributed by atoms with van der Waals surface area (Å²) in [6, 6.07) is 10.8. The second-order valence-corrected chi connectivity index (χ2v) is 6.73. The summed E-state index contributed by atoms with van der Waals surface area (Å²) in [4.78, 5) is 17.6. The van der Waals surface area contributed by atoms with E-state index in [4.69, 9.17) is 0 Å². The molecule has 0 N–H and O–H groups in total. The molecule has 1 aromatic heterocycles. The highest BCUT2D eigenvalue weighted by atomic mass is 32.1. The average Bonchev–Trinajstić information content (AvgIpc) is 2.94. The van der Waals surface area contributed by atoms with E-state index in [-0.39, 0.29) is 12.1 Å². The van der Waals surface area contributed by atoms with Crippen LogP contribution < -0.4 is 0 Å². The van der Waals surface area contributed by atoms with E-state index in [2.05, 4.69) is 42.6 Å². The van der Waals surface area contributed by atoms with Crippen molar-refractivity contribution in [3.8, 4) is 0 Å². The molecule has 1 aliphatic heterocycles. The van der Waals surface area contributed by atoms with Gasteiger partial charge in [-0.2, -0.15) is 0 Å². The summed E-state index contributed by atoms with van der Waals surface area (Å²) in [7, 11) is 3.63. The van der Waals surface area contributed by atoms with Crippen LogP contribution in [0, 0.1) is 6.92 Å². The molecule has 2 amide bonds. The molecular weight excluding hydrogens is 280 g/mol. The number of fused-ring (bicyclic) bond motifs is 1. The van der Waals surface area contributed by atoms with Gasteiger partial charge in [-0.3, -0.25) is 0 Å². The number of thiophene rings is 1. The molecule has 0 saturated heterocycles. The van der Waals surface area contributed by atoms with Crippen LogP contribution in [0.5, 0.6) is 0 Å². The molecule has 0 unspecified atom stereocenters. The summed E-state index contributed by atoms with van der Waals surface area (Å²) in [5.74, 6) is 0. The molecule has 0 radical (unpaired) electrons. The van der Waals surface area contributed by atoms with Gasteiger partial charge in [-0.15, -0.1) is 11.3 Å². The van der Waals surface area contributed by atoms with Crippen molar-refractivity contribution in [3.63, 3.8) is 0 Å². The van der Waals surface area contributed by atoms with Gasteiger partial charge in [0, 0.05) is 25.5 Å². The Morgan fingerprint density at radius 3 is 2.62 bits per heavy atom. The van der Waals surface area contributed by atoms with Crippen LogP contribution in [-0.4, -0.2) is 36.5 Å². The molecule has 110 valence electrons. The first kappa shape index (κ1) is 14.1. The molecule has 2 aromatic rings. The summed E-state index contributed by atoms with van der Waals surface area (Å²) in [6.45, 7) is 2.87. The largest absolute Gasteiger partial charge is 0.331 e. The number of hydrogen-bond donors (Lipinski definition) is 0. The van der Waals surface area contributed by atoms with Crippen molar-refractivity contribution in [1.82, 2.24) is 9.80 Å². The van der Waals surface area contributed by atoms with E-state index in [1.807, 2.05) is 19.0 Å². The Hall–Kier alpha value is -1.81. The molecule has 0 saturated carbocycles. The SMILES string of the molecule is Cc1ccc([C@H]2c3ccsc3CCN2C(=O)N(C)C)cc1. The smallest absolute Gasteiger partial charge is 0.320 e. The normalized spacial score (nSPS) is 17.5. The number of amides is 2. The third-order valence-corrected chi connectivity index (χ3v) is 4.98. The highest BCUT2D eigenvalue weighted by molar-refractivity contribution is 7.10. The number of rotatable bonds is 1. The van der Waals surface area contributed by atoms with E-state index in [9.17, 15) is 4.79 Å². The topological polar surface area (TPSA) is 23.6 Å². The van der Waals surface area contributed by atoms with Crippen LogP contribution in [0.25, 0.3) is 0 Å². The zero-order valence-electron chi connectivity index (χ0n) is 12.7. The minimum absolute atomic E-state index is 0.0375. The van der Waals surface area contributed by atoms with E-state index in [1.54, 1.807) is 16.2 Å². The van der Waals surface area contributed by atoms with Crippen molar-refractivity contribution in [1.29, 1.82) is 0 Å². The molecule has 0 spiro atoms. The third kappa shape index (κ3) is 2.56. The Labute approximate surface area is 129 Å². The minimum Gasteiger partial charge on any atom is -0.331 e. The van der Waals surface area contributed by atoms with Gasteiger partial charge in [0.25, 0.3) is 0 Å². The quantitative estimate of drug-likeness (QED) is 0.788. The molecule has 3 nitrogen and oxygen atoms in total. The molecule has 21 heavy (non-hydrogen) atoms. The molecule has 0 fully saturated rings. The lowest BCUT2D eigenvalue weighted by Crippen LogP contribution is -2.45. The Bertz CT molecular complexity index is 645. The van der Waals surface area contributed by atoms with Crippen molar-refractivity contribution in [3.05, 3.63) is 57.3 Å². The molecule has 1 atom stereocenters. The van der Waals surface area contributed by atoms with Gasteiger partial charge in [-0.1, -0.05) is 29.8 Å². The lowest BCUT2D eigenvalue weighted by Gasteiger charge is -2.37. The summed E-state index contributed by atoms with van der Waals surface area (Å²) < 4.78 is 0. The number of carbonyl (C=O) groups excluding carboxylic acids is 1. The standard InChI is InChI=1S/C17H20N2OS/c1-12-4-6-13(7-5-12)16-14-9-11-21-15(14)8-10-19(16)17(20)18(2)3/h4-7,9,11,16H,8,10H2,1-3H3/t16-/m0/s1. The lowest BCUT2D eigenvalue weighted by molar-refractivity contribution is 0.154. The molecule has 4 heteroatoms. The summed E-state index contributed by atoms with van der Waals surface area (Å²) in [6.07, 6.45) is 0.953. The monoisotopic (exact) mass is 300 g/mol. The second kappa shape index (κ2) is 5.53. The van der Waals surface area contributed by atoms with Crippen LogP contribution in [0.15, 0.2) is 35.7 Å². The van der Waals surface area contributed by atoms with Gasteiger partial charge >= 0.3 is 6.03 Å². The number of carbonyl (C=O) groups is 1. The van der Waals surface area contributed by atoms with Crippen molar-refractivity contribution in [2.45, 2.75) is 19.4 Å². The Balaban J connectivity index is 2.06. The first-order chi connectivity index (χ1) is 10.1. The van der Waals surface area contributed by atoms with Gasteiger partial charge in [0.1, 0.15) is 0 Å². The number of aryl methyl sites for hydroxylation is 1. The van der Waals surface area contributed by atoms with E-state index in [1.165, 1.54) is 21.6 Å². The van der Waals surface area contributed by atoms with Gasteiger partial charge in [-0.05, 0) is 35.9 Å². The molecular formula is C17H20N2OS. The van der Waals surface area contributed by atoms with Crippen molar-refractivity contribution < 1.29 is 4.79 Å². The predicted octanol–water partition coefficient (Wildman–Crippen LogP) is 3.69. The van der Waals surface area contributed by atoms with Crippen LogP contribution >= 0.6 is 11.3 Å². The number of nitrogens with zero attached hydrogens (tertiary/aromatic N) is 2. The highest BCUT2D eigenvalue weighted by Crippen LogP contribution is 2.38. The zero-order chi connectivity index (χ0) is 15.0. The third-order valence-electron chi connectivity index (χ3n) is 3.99. The maximum Gasteiger partial charge on any atom is 0.320 e. The first-order valence-electron chi connectivity index (χ1n) is 7.18. The Morgan fingerprint density at radius 1 is 1.24 bits per heavy atom. The van der Waals surface area contributed by atoms with Gasteiger partial charge in [0.15, 0.2) is 0 Å². The highest BCUT2D eigenvalue weighted by Gasteiger charge is 2.33. The van der Waals surface area contributed by atoms with Gasteiger partial charge < -0.3 is 9.80 Å². The summed E-state index contributed by atoms with van der Waals surface area (Å²) >= 11 is 1.80. The maximum absolute atomic E-state index is 12.5. The summed E-state index contributed by atoms with van der Waals surface area (Å²) in [5, 5.41) is 2.13. The van der Waals surface area contributed by atoms with E-state index >= 15 is 0 Å². The second-order valence-electron chi connectivity index (χ2n) is 5.73. The average molecular weight is 300 g/mol. The number of urea groups is 1. The van der Waals surface area contributed by atoms with Crippen LogP contribution in [0.2, 0.25) is 0 Å². The van der Waals surface area contributed by atoms with Crippen molar-refractivity contribution >= 4 is 17.4 Å². The van der Waals surface area contributed by atoms with E-state index < -0.39 is 0 Å². The molecule has 3 rings (SSSR count). The van der Waals surface area contributed by atoms with Crippen LogP contribution in [0.4, 0.5) is 4.79 Å². The van der Waals surface area contributed by atoms with Crippen LogP contribution in [0.1, 0.15) is 27.6 Å². The van der Waals surface area contributed by atoms with Gasteiger partial charge in [0.05, 0.1) is 6.04 Å². The fraction of sp³-hybridized carbons (Fsp3) is 0.353. The van der Waals surface area contributed by atoms with E-state index in [0.29, 0.717) is 0 Å².